The molecule has 1 fully saturated rings. The number of likely N-dealkylation sites (tertiary alicyclic amines) is 1. The van der Waals surface area contributed by atoms with E-state index < -0.39 is 0 Å². The van der Waals surface area contributed by atoms with Crippen molar-refractivity contribution < 1.29 is 19.1 Å². The van der Waals surface area contributed by atoms with Crippen molar-refractivity contribution in [1.29, 1.82) is 0 Å². The first-order valence-electron chi connectivity index (χ1n) is 9.93. The molecule has 7 nitrogen and oxygen atoms in total. The molecule has 8 heteroatoms. The maximum atomic E-state index is 13.0. The van der Waals surface area contributed by atoms with Gasteiger partial charge in [0.2, 0.25) is 11.8 Å². The summed E-state index contributed by atoms with van der Waals surface area (Å²) in [5.41, 5.74) is 0.916. The van der Waals surface area contributed by atoms with Crippen LogP contribution >= 0.6 is 11.3 Å². The first-order valence-corrected chi connectivity index (χ1v) is 10.8. The highest BCUT2D eigenvalue weighted by Crippen LogP contribution is 2.33. The summed E-state index contributed by atoms with van der Waals surface area (Å²) in [4.78, 5) is 31.0. The number of fused-ring (bicyclic) bond motifs is 1. The average molecular weight is 416 g/mol. The van der Waals surface area contributed by atoms with E-state index in [2.05, 4.69) is 10.3 Å². The minimum atomic E-state index is -0.155. The Hall–Kier alpha value is -2.61. The predicted molar refractivity (Wildman–Crippen MR) is 109 cm³/mol. The highest BCUT2D eigenvalue weighted by atomic mass is 32.1. The number of amides is 2. The maximum Gasteiger partial charge on any atom is 0.227 e. The van der Waals surface area contributed by atoms with Crippen LogP contribution in [0, 0.1) is 5.92 Å². The topological polar surface area (TPSA) is 80.8 Å². The summed E-state index contributed by atoms with van der Waals surface area (Å²) >= 11 is 1.54. The Morgan fingerprint density at radius 1 is 1.31 bits per heavy atom. The third-order valence-electron chi connectivity index (χ3n) is 5.32. The number of piperidine rings is 1. The van der Waals surface area contributed by atoms with Gasteiger partial charge in [-0.25, -0.2) is 4.98 Å². The molecule has 0 spiro atoms. The summed E-state index contributed by atoms with van der Waals surface area (Å²) < 4.78 is 11.2. The van der Waals surface area contributed by atoms with Crippen molar-refractivity contribution in [3.05, 3.63) is 40.3 Å². The molecule has 2 aromatic rings. The number of aromatic nitrogens is 1. The molecule has 0 bridgehead atoms. The summed E-state index contributed by atoms with van der Waals surface area (Å²) in [5.74, 6) is 1.60. The van der Waals surface area contributed by atoms with E-state index in [-0.39, 0.29) is 23.8 Å². The lowest BCUT2D eigenvalue weighted by molar-refractivity contribution is -0.132. The largest absolute Gasteiger partial charge is 0.486 e. The molecular weight excluding hydrogens is 390 g/mol. The van der Waals surface area contributed by atoms with Gasteiger partial charge in [0.25, 0.3) is 0 Å². The van der Waals surface area contributed by atoms with Crippen LogP contribution < -0.4 is 14.8 Å². The third-order valence-corrected chi connectivity index (χ3v) is 6.18. The quantitative estimate of drug-likeness (QED) is 0.812. The van der Waals surface area contributed by atoms with Crippen molar-refractivity contribution >= 4 is 23.2 Å². The lowest BCUT2D eigenvalue weighted by Crippen LogP contribution is -2.45. The second-order valence-corrected chi connectivity index (χ2v) is 8.37. The van der Waals surface area contributed by atoms with Crippen LogP contribution in [0.4, 0.5) is 0 Å². The molecule has 0 saturated carbocycles. The lowest BCUT2D eigenvalue weighted by Gasteiger charge is -2.36. The number of thiazole rings is 1. The minimum absolute atomic E-state index is 0.0788. The van der Waals surface area contributed by atoms with Crippen molar-refractivity contribution in [2.45, 2.75) is 32.2 Å². The van der Waals surface area contributed by atoms with Crippen LogP contribution in [0.2, 0.25) is 0 Å². The molecule has 1 N–H and O–H groups in total. The molecule has 2 aliphatic rings. The average Bonchev–Trinajstić information content (AvgIpc) is 3.26. The Labute approximate surface area is 174 Å². The van der Waals surface area contributed by atoms with Gasteiger partial charge >= 0.3 is 0 Å². The Bertz CT molecular complexity index is 871. The van der Waals surface area contributed by atoms with Gasteiger partial charge in [0.1, 0.15) is 18.2 Å². The fourth-order valence-corrected chi connectivity index (χ4v) is 4.76. The Balaban J connectivity index is 1.43. The monoisotopic (exact) mass is 415 g/mol. The highest BCUT2D eigenvalue weighted by Gasteiger charge is 2.32. The van der Waals surface area contributed by atoms with Crippen LogP contribution in [-0.4, -0.2) is 48.0 Å². The Kier molecular flexibility index (Phi) is 5.99. The second-order valence-electron chi connectivity index (χ2n) is 7.45. The molecule has 4 rings (SSSR count). The fourth-order valence-electron chi connectivity index (χ4n) is 3.98. The zero-order valence-electron chi connectivity index (χ0n) is 16.4. The molecule has 2 atom stereocenters. The van der Waals surface area contributed by atoms with Crippen LogP contribution in [0.15, 0.2) is 29.8 Å². The van der Waals surface area contributed by atoms with Crippen LogP contribution in [0.3, 0.4) is 0 Å². The molecule has 1 saturated heterocycles. The zero-order valence-corrected chi connectivity index (χ0v) is 17.2. The van der Waals surface area contributed by atoms with Gasteiger partial charge in [-0.05, 0) is 30.5 Å². The van der Waals surface area contributed by atoms with Gasteiger partial charge in [0, 0.05) is 37.5 Å². The molecule has 154 valence electrons. The van der Waals surface area contributed by atoms with E-state index in [0.717, 1.165) is 35.7 Å². The number of nitrogens with one attached hydrogen (secondary N) is 1. The molecule has 0 aliphatic carbocycles. The van der Waals surface area contributed by atoms with Gasteiger partial charge in [-0.1, -0.05) is 6.07 Å². The molecule has 29 heavy (non-hydrogen) atoms. The molecular formula is C21H25N3O4S. The number of carbonyl (C=O) groups is 2. The summed E-state index contributed by atoms with van der Waals surface area (Å²) in [5, 5.41) is 5.85. The van der Waals surface area contributed by atoms with Crippen molar-refractivity contribution in [3.63, 3.8) is 0 Å². The third kappa shape index (κ3) is 4.70. The van der Waals surface area contributed by atoms with Crippen LogP contribution in [-0.2, 0) is 16.0 Å². The van der Waals surface area contributed by atoms with Gasteiger partial charge in [-0.15, -0.1) is 11.3 Å². The van der Waals surface area contributed by atoms with Crippen LogP contribution in [0.5, 0.6) is 11.5 Å². The van der Waals surface area contributed by atoms with Gasteiger partial charge in [-0.3, -0.25) is 9.59 Å². The maximum absolute atomic E-state index is 13.0. The van der Waals surface area contributed by atoms with E-state index in [1.165, 1.54) is 18.3 Å². The van der Waals surface area contributed by atoms with Gasteiger partial charge < -0.3 is 19.7 Å². The van der Waals surface area contributed by atoms with Gasteiger partial charge in [-0.2, -0.15) is 0 Å². The molecule has 2 aliphatic heterocycles. The minimum Gasteiger partial charge on any atom is -0.486 e. The summed E-state index contributed by atoms with van der Waals surface area (Å²) in [6.07, 6.45) is 3.95. The highest BCUT2D eigenvalue weighted by molar-refractivity contribution is 7.09. The molecule has 3 heterocycles. The normalized spacial score (nSPS) is 19.5. The fraction of sp³-hybridized carbons (Fsp3) is 0.476. The number of rotatable bonds is 5. The SMILES string of the molecule is CC(=O)NC(c1nccs1)C1CCCN(C(=O)Cc2ccc3c(c2)OCCO3)C1. The van der Waals surface area contributed by atoms with Crippen molar-refractivity contribution in [1.82, 2.24) is 15.2 Å². The second kappa shape index (κ2) is 8.82. The number of nitrogens with zero attached hydrogens (tertiary/aromatic N) is 2. The number of hydrogen-bond donors (Lipinski definition) is 1. The van der Waals surface area contributed by atoms with Gasteiger partial charge in [0.05, 0.1) is 12.5 Å². The van der Waals surface area contributed by atoms with E-state index in [4.69, 9.17) is 9.47 Å². The number of ether oxygens (including phenoxy) is 2. The molecule has 0 radical (unpaired) electrons. The first-order chi connectivity index (χ1) is 14.1. The summed E-state index contributed by atoms with van der Waals surface area (Å²) in [6.45, 7) is 3.96. The van der Waals surface area contributed by atoms with Gasteiger partial charge in [0.15, 0.2) is 11.5 Å². The van der Waals surface area contributed by atoms with E-state index >= 15 is 0 Å². The predicted octanol–water partition coefficient (Wildman–Crippen LogP) is 2.57. The van der Waals surface area contributed by atoms with Crippen molar-refractivity contribution in [2.75, 3.05) is 26.3 Å². The van der Waals surface area contributed by atoms with Crippen molar-refractivity contribution in [3.8, 4) is 11.5 Å². The molecule has 1 aromatic heterocycles. The Morgan fingerprint density at radius 2 is 2.14 bits per heavy atom. The molecule has 2 amide bonds. The van der Waals surface area contributed by atoms with E-state index in [1.807, 2.05) is 28.5 Å². The van der Waals surface area contributed by atoms with E-state index in [1.54, 1.807) is 6.20 Å². The zero-order chi connectivity index (χ0) is 20.2. The van der Waals surface area contributed by atoms with Crippen LogP contribution in [0.1, 0.15) is 36.4 Å². The van der Waals surface area contributed by atoms with E-state index in [9.17, 15) is 9.59 Å². The molecule has 2 unspecified atom stereocenters. The standard InChI is InChI=1S/C21H25N3O4S/c1-14(25)23-20(21-22-6-10-29-21)16-3-2-7-24(13-16)19(26)12-15-4-5-17-18(11-15)28-9-8-27-17/h4-6,10-11,16,20H,2-3,7-9,12-13H2,1H3,(H,23,25). The van der Waals surface area contributed by atoms with Crippen LogP contribution in [0.25, 0.3) is 0 Å². The first kappa shape index (κ1) is 19.7. The Morgan fingerprint density at radius 3 is 2.90 bits per heavy atom. The number of benzene rings is 1. The van der Waals surface area contributed by atoms with E-state index in [0.29, 0.717) is 31.9 Å². The smallest absolute Gasteiger partial charge is 0.227 e. The summed E-state index contributed by atoms with van der Waals surface area (Å²) in [7, 11) is 0. The lowest BCUT2D eigenvalue weighted by atomic mass is 9.90. The number of carbonyl (C=O) groups excluding carboxylic acids is 2. The summed E-state index contributed by atoms with van der Waals surface area (Å²) in [6, 6.07) is 5.52. The number of hydrogen-bond acceptors (Lipinski definition) is 6. The van der Waals surface area contributed by atoms with Crippen molar-refractivity contribution in [2.24, 2.45) is 5.92 Å². The molecule has 1 aromatic carbocycles.